The van der Waals surface area contributed by atoms with Crippen LogP contribution < -0.4 is 5.32 Å². The van der Waals surface area contributed by atoms with Crippen molar-refractivity contribution in [3.63, 3.8) is 0 Å². The number of benzene rings is 1. The number of carbonyl (C=O) groups excluding carboxylic acids is 1. The second kappa shape index (κ2) is 7.99. The smallest absolute Gasteiger partial charge is 0.328 e. The van der Waals surface area contributed by atoms with E-state index in [9.17, 15) is 14.0 Å². The Bertz CT molecular complexity index is 1030. The molecule has 1 amide bonds. The van der Waals surface area contributed by atoms with Crippen LogP contribution in [0.3, 0.4) is 0 Å². The number of aliphatic carboxylic acids is 1. The number of hydrogen-bond donors (Lipinski definition) is 2. The maximum atomic E-state index is 13.9. The lowest BCUT2D eigenvalue weighted by Gasteiger charge is -2.06. The summed E-state index contributed by atoms with van der Waals surface area (Å²) < 4.78 is 16.4. The van der Waals surface area contributed by atoms with E-state index in [0.29, 0.717) is 0 Å². The number of nitrogens with one attached hydrogen (secondary N) is 1. The molecule has 28 heavy (non-hydrogen) atoms. The lowest BCUT2D eigenvalue weighted by atomic mass is 10.2. The summed E-state index contributed by atoms with van der Waals surface area (Å²) in [5.41, 5.74) is 0.235. The highest BCUT2D eigenvalue weighted by Crippen LogP contribution is 2.24. The minimum absolute atomic E-state index is 0.00383. The minimum atomic E-state index is -1.08. The average Bonchev–Trinajstić information content (AvgIpc) is 3.25. The Morgan fingerprint density at radius 1 is 1.25 bits per heavy atom. The molecule has 1 aromatic carbocycles. The summed E-state index contributed by atoms with van der Waals surface area (Å²) >= 11 is 12.1. The second-order valence-electron chi connectivity index (χ2n) is 5.87. The van der Waals surface area contributed by atoms with Crippen LogP contribution in [-0.2, 0) is 11.3 Å². The first-order valence-electron chi connectivity index (χ1n) is 8.01. The van der Waals surface area contributed by atoms with Crippen molar-refractivity contribution >= 4 is 40.9 Å². The van der Waals surface area contributed by atoms with Crippen molar-refractivity contribution in [2.45, 2.75) is 19.5 Å². The van der Waals surface area contributed by atoms with Gasteiger partial charge in [-0.05, 0) is 25.1 Å². The molecule has 1 atom stereocenters. The molecule has 11 heteroatoms. The number of nitrogens with zero attached hydrogens (tertiary/aromatic N) is 4. The maximum absolute atomic E-state index is 13.9. The standard InChI is InChI=1S/C17H14Cl2FN5O3/c1-9(17(27)28)25-6-5-14(22-25)16(26)21-15-12(19)8-24(23-15)7-10-11(18)3-2-4-13(10)20/h2-6,8-9H,7H2,1H3,(H,27,28)(H,21,23,26). The fraction of sp³-hybridized carbons (Fsp3) is 0.176. The molecule has 2 heterocycles. The summed E-state index contributed by atoms with van der Waals surface area (Å²) in [5.74, 6) is -2.13. The SMILES string of the molecule is CC(C(=O)O)n1ccc(C(=O)Nc2nn(Cc3c(F)cccc3Cl)cc2Cl)n1. The maximum Gasteiger partial charge on any atom is 0.328 e. The van der Waals surface area contributed by atoms with Crippen LogP contribution in [0.15, 0.2) is 36.7 Å². The number of aromatic nitrogens is 4. The fourth-order valence-electron chi connectivity index (χ4n) is 2.37. The molecule has 0 spiro atoms. The van der Waals surface area contributed by atoms with Crippen molar-refractivity contribution in [1.82, 2.24) is 19.6 Å². The molecule has 146 valence electrons. The largest absolute Gasteiger partial charge is 0.480 e. The zero-order valence-electron chi connectivity index (χ0n) is 14.4. The molecule has 2 aromatic heterocycles. The first-order chi connectivity index (χ1) is 13.3. The van der Waals surface area contributed by atoms with Gasteiger partial charge in [-0.15, -0.1) is 0 Å². The molecule has 0 aliphatic heterocycles. The second-order valence-corrected chi connectivity index (χ2v) is 6.69. The number of amides is 1. The number of anilines is 1. The third-order valence-electron chi connectivity index (χ3n) is 3.93. The Morgan fingerprint density at radius 2 is 2.00 bits per heavy atom. The van der Waals surface area contributed by atoms with Crippen molar-refractivity contribution in [2.75, 3.05) is 5.32 Å². The lowest BCUT2D eigenvalue weighted by Crippen LogP contribution is -2.18. The third kappa shape index (κ3) is 4.15. The van der Waals surface area contributed by atoms with E-state index < -0.39 is 23.7 Å². The minimum Gasteiger partial charge on any atom is -0.480 e. The van der Waals surface area contributed by atoms with E-state index in [1.807, 2.05) is 0 Å². The molecule has 8 nitrogen and oxygen atoms in total. The molecule has 0 fully saturated rings. The highest BCUT2D eigenvalue weighted by Gasteiger charge is 2.19. The van der Waals surface area contributed by atoms with Gasteiger partial charge in [-0.3, -0.25) is 14.2 Å². The molecule has 3 rings (SSSR count). The summed E-state index contributed by atoms with van der Waals surface area (Å²) in [5, 5.41) is 19.9. The normalized spacial score (nSPS) is 12.0. The topological polar surface area (TPSA) is 102 Å². The van der Waals surface area contributed by atoms with E-state index in [4.69, 9.17) is 28.3 Å². The Balaban J connectivity index is 1.75. The van der Waals surface area contributed by atoms with Crippen LogP contribution in [0.1, 0.15) is 29.0 Å². The zero-order chi connectivity index (χ0) is 20.4. The molecule has 0 aliphatic carbocycles. The molecule has 0 aliphatic rings. The number of carbonyl (C=O) groups is 2. The first kappa shape index (κ1) is 19.8. The van der Waals surface area contributed by atoms with Gasteiger partial charge in [0, 0.05) is 23.0 Å². The average molecular weight is 426 g/mol. The van der Waals surface area contributed by atoms with E-state index in [2.05, 4.69) is 15.5 Å². The van der Waals surface area contributed by atoms with Gasteiger partial charge in [-0.2, -0.15) is 10.2 Å². The van der Waals surface area contributed by atoms with E-state index in [0.717, 1.165) is 4.68 Å². The lowest BCUT2D eigenvalue weighted by molar-refractivity contribution is -0.140. The quantitative estimate of drug-likeness (QED) is 0.629. The molecular formula is C17H14Cl2FN5O3. The highest BCUT2D eigenvalue weighted by molar-refractivity contribution is 6.33. The highest BCUT2D eigenvalue weighted by atomic mass is 35.5. The van der Waals surface area contributed by atoms with Gasteiger partial charge < -0.3 is 10.4 Å². The molecule has 1 unspecified atom stereocenters. The summed E-state index contributed by atoms with van der Waals surface area (Å²) in [6.45, 7) is 1.45. The molecule has 0 saturated heterocycles. The van der Waals surface area contributed by atoms with Gasteiger partial charge >= 0.3 is 5.97 Å². The predicted octanol–water partition coefficient (Wildman–Crippen LogP) is 3.47. The number of halogens is 3. The fourth-order valence-corrected chi connectivity index (χ4v) is 2.79. The molecular weight excluding hydrogens is 412 g/mol. The van der Waals surface area contributed by atoms with Gasteiger partial charge in [-0.25, -0.2) is 9.18 Å². The van der Waals surface area contributed by atoms with Crippen LogP contribution in [0.25, 0.3) is 0 Å². The molecule has 0 saturated carbocycles. The van der Waals surface area contributed by atoms with Gasteiger partial charge in [-0.1, -0.05) is 29.3 Å². The van der Waals surface area contributed by atoms with Gasteiger partial charge in [0.05, 0.1) is 6.54 Å². The van der Waals surface area contributed by atoms with Crippen LogP contribution >= 0.6 is 23.2 Å². The van der Waals surface area contributed by atoms with E-state index in [-0.39, 0.29) is 33.7 Å². The molecule has 0 radical (unpaired) electrons. The monoisotopic (exact) mass is 425 g/mol. The predicted molar refractivity (Wildman–Crippen MR) is 100 cm³/mol. The number of carboxylic acid groups (broad SMARTS) is 1. The van der Waals surface area contributed by atoms with Crippen LogP contribution in [0.5, 0.6) is 0 Å². The van der Waals surface area contributed by atoms with Crippen LogP contribution in [-0.4, -0.2) is 36.5 Å². The Labute approximate surface area is 168 Å². The van der Waals surface area contributed by atoms with Crippen molar-refractivity contribution in [3.05, 3.63) is 63.8 Å². The van der Waals surface area contributed by atoms with Crippen molar-refractivity contribution in [2.24, 2.45) is 0 Å². The van der Waals surface area contributed by atoms with Crippen molar-refractivity contribution in [3.8, 4) is 0 Å². The van der Waals surface area contributed by atoms with Gasteiger partial charge in [0.25, 0.3) is 5.91 Å². The summed E-state index contributed by atoms with van der Waals surface area (Å²) in [6.07, 6.45) is 2.80. The van der Waals surface area contributed by atoms with Crippen molar-refractivity contribution < 1.29 is 19.1 Å². The zero-order valence-corrected chi connectivity index (χ0v) is 15.9. The Kier molecular flexibility index (Phi) is 5.66. The number of carboxylic acids is 1. The number of rotatable bonds is 6. The van der Waals surface area contributed by atoms with Crippen LogP contribution in [0, 0.1) is 5.82 Å². The molecule has 3 aromatic rings. The van der Waals surface area contributed by atoms with Gasteiger partial charge in [0.1, 0.15) is 16.9 Å². The van der Waals surface area contributed by atoms with Crippen molar-refractivity contribution in [1.29, 1.82) is 0 Å². The van der Waals surface area contributed by atoms with Gasteiger partial charge in [0.15, 0.2) is 11.5 Å². The number of hydrogen-bond acceptors (Lipinski definition) is 4. The molecule has 0 bridgehead atoms. The Morgan fingerprint density at radius 3 is 2.68 bits per heavy atom. The first-order valence-corrected chi connectivity index (χ1v) is 8.77. The summed E-state index contributed by atoms with van der Waals surface area (Å²) in [6, 6.07) is 4.78. The van der Waals surface area contributed by atoms with E-state index in [1.165, 1.54) is 42.2 Å². The third-order valence-corrected chi connectivity index (χ3v) is 4.56. The molecule has 2 N–H and O–H groups in total. The van der Waals surface area contributed by atoms with E-state index >= 15 is 0 Å². The van der Waals surface area contributed by atoms with Crippen LogP contribution in [0.4, 0.5) is 10.2 Å². The summed E-state index contributed by atoms with van der Waals surface area (Å²) in [7, 11) is 0. The van der Waals surface area contributed by atoms with E-state index in [1.54, 1.807) is 6.07 Å². The summed E-state index contributed by atoms with van der Waals surface area (Å²) in [4.78, 5) is 23.3. The van der Waals surface area contributed by atoms with Gasteiger partial charge in [0.2, 0.25) is 0 Å². The van der Waals surface area contributed by atoms with Crippen LogP contribution in [0.2, 0.25) is 10.0 Å². The Hall–Kier alpha value is -2.91.